The van der Waals surface area contributed by atoms with Crippen molar-refractivity contribution >= 4 is 11.6 Å². The van der Waals surface area contributed by atoms with E-state index in [1.807, 2.05) is 38.1 Å². The van der Waals surface area contributed by atoms with Gasteiger partial charge in [-0.15, -0.1) is 0 Å². The second-order valence-electron chi connectivity index (χ2n) is 7.73. The molecule has 2 aromatic carbocycles. The van der Waals surface area contributed by atoms with E-state index < -0.39 is 17.7 Å². The van der Waals surface area contributed by atoms with Crippen LogP contribution >= 0.6 is 0 Å². The zero-order chi connectivity index (χ0) is 17.8. The summed E-state index contributed by atoms with van der Waals surface area (Å²) in [6.07, 6.45) is 0.709. The number of benzene rings is 2. The van der Waals surface area contributed by atoms with Crippen LogP contribution < -0.4 is 4.74 Å². The lowest BCUT2D eigenvalue weighted by Crippen LogP contribution is -2.41. The average molecular weight is 338 g/mol. The van der Waals surface area contributed by atoms with Crippen molar-refractivity contribution in [2.24, 2.45) is 11.3 Å². The van der Waals surface area contributed by atoms with Gasteiger partial charge in [-0.2, -0.15) is 0 Å². The van der Waals surface area contributed by atoms with Crippen molar-refractivity contribution in [2.75, 3.05) is 0 Å². The second kappa shape index (κ2) is 5.51. The van der Waals surface area contributed by atoms with Gasteiger partial charge in [0.05, 0.1) is 5.92 Å². The third kappa shape index (κ3) is 2.66. The highest BCUT2D eigenvalue weighted by Gasteiger charge is 2.46. The van der Waals surface area contributed by atoms with Gasteiger partial charge in [-0.1, -0.05) is 32.0 Å². The summed E-state index contributed by atoms with van der Waals surface area (Å²) in [5.74, 6) is -0.683. The zero-order valence-corrected chi connectivity index (χ0v) is 14.2. The second-order valence-corrected chi connectivity index (χ2v) is 7.73. The highest BCUT2D eigenvalue weighted by atomic mass is 19.1. The molecule has 0 aromatic heterocycles. The molecule has 1 atom stereocenters. The zero-order valence-electron chi connectivity index (χ0n) is 14.2. The quantitative estimate of drug-likeness (QED) is 0.712. The van der Waals surface area contributed by atoms with E-state index >= 15 is 0 Å². The predicted molar refractivity (Wildman–Crippen MR) is 91.3 cm³/mol. The summed E-state index contributed by atoms with van der Waals surface area (Å²) in [5.41, 5.74) is 1.03. The van der Waals surface area contributed by atoms with Crippen molar-refractivity contribution in [2.45, 2.75) is 32.6 Å². The van der Waals surface area contributed by atoms with Crippen LogP contribution in [-0.4, -0.2) is 11.6 Å². The van der Waals surface area contributed by atoms with Crippen molar-refractivity contribution in [3.05, 3.63) is 59.4 Å². The molecule has 1 saturated carbocycles. The molecule has 2 aromatic rings. The SMILES string of the molecule is CC1(C)CC(=O)C(C2c3ccccc3Oc3ccc(F)cc32)C(=O)C1. The molecule has 0 spiro atoms. The average Bonchev–Trinajstić information content (AvgIpc) is 2.53. The Kier molecular flexibility index (Phi) is 3.53. The van der Waals surface area contributed by atoms with Crippen molar-refractivity contribution in [3.8, 4) is 11.5 Å². The van der Waals surface area contributed by atoms with E-state index in [0.29, 0.717) is 29.9 Å². The maximum absolute atomic E-state index is 13.9. The number of ether oxygens (including phenoxy) is 1. The van der Waals surface area contributed by atoms with E-state index in [2.05, 4.69) is 0 Å². The molecule has 2 aliphatic rings. The number of ketones is 2. The molecule has 1 aliphatic heterocycles. The first-order valence-electron chi connectivity index (χ1n) is 8.47. The van der Waals surface area contributed by atoms with Crippen molar-refractivity contribution in [1.82, 2.24) is 0 Å². The maximum Gasteiger partial charge on any atom is 0.144 e. The fourth-order valence-corrected chi connectivity index (χ4v) is 4.11. The molecule has 3 nitrogen and oxygen atoms in total. The van der Waals surface area contributed by atoms with Crippen LogP contribution in [0.3, 0.4) is 0 Å². The summed E-state index contributed by atoms with van der Waals surface area (Å²) < 4.78 is 19.8. The maximum atomic E-state index is 13.9. The van der Waals surface area contributed by atoms with Gasteiger partial charge >= 0.3 is 0 Å². The van der Waals surface area contributed by atoms with Crippen LogP contribution in [0.4, 0.5) is 4.39 Å². The molecular weight excluding hydrogens is 319 g/mol. The molecule has 128 valence electrons. The number of hydrogen-bond acceptors (Lipinski definition) is 3. The summed E-state index contributed by atoms with van der Waals surface area (Å²) in [5, 5.41) is 0. The number of halogens is 1. The lowest BCUT2D eigenvalue weighted by atomic mass is 9.65. The third-order valence-corrected chi connectivity index (χ3v) is 5.11. The van der Waals surface area contributed by atoms with Gasteiger partial charge in [-0.25, -0.2) is 4.39 Å². The molecule has 0 amide bonds. The number of para-hydroxylation sites is 1. The molecule has 0 radical (unpaired) electrons. The summed E-state index contributed by atoms with van der Waals surface area (Å²) in [6.45, 7) is 3.87. The molecule has 1 heterocycles. The first-order valence-corrected chi connectivity index (χ1v) is 8.47. The Morgan fingerprint density at radius 2 is 1.56 bits per heavy atom. The van der Waals surface area contributed by atoms with E-state index in [1.54, 1.807) is 6.07 Å². The first-order chi connectivity index (χ1) is 11.9. The summed E-state index contributed by atoms with van der Waals surface area (Å²) in [6, 6.07) is 11.6. The molecule has 4 rings (SSSR count). The molecule has 0 bridgehead atoms. The number of rotatable bonds is 1. The van der Waals surface area contributed by atoms with Crippen molar-refractivity contribution in [1.29, 1.82) is 0 Å². The molecule has 1 aliphatic carbocycles. The van der Waals surface area contributed by atoms with Gasteiger partial charge in [-0.05, 0) is 29.7 Å². The molecule has 25 heavy (non-hydrogen) atoms. The monoisotopic (exact) mass is 338 g/mol. The number of hydrogen-bond donors (Lipinski definition) is 0. The van der Waals surface area contributed by atoms with Gasteiger partial charge in [0.15, 0.2) is 0 Å². The molecule has 1 unspecified atom stereocenters. The third-order valence-electron chi connectivity index (χ3n) is 5.11. The Labute approximate surface area is 145 Å². The normalized spacial score (nSPS) is 22.1. The summed E-state index contributed by atoms with van der Waals surface area (Å²) in [7, 11) is 0. The van der Waals surface area contributed by atoms with E-state index in [9.17, 15) is 14.0 Å². The molecule has 0 saturated heterocycles. The highest BCUT2D eigenvalue weighted by molar-refractivity contribution is 6.06. The molecular formula is C21H19FO3. The molecule has 4 heteroatoms. The fraction of sp³-hybridized carbons (Fsp3) is 0.333. The standard InChI is InChI=1S/C21H19FO3/c1-21(2)10-15(23)20(16(24)11-21)19-13-5-3-4-6-17(13)25-18-8-7-12(22)9-14(18)19/h3-9,19-20H,10-11H2,1-2H3. The highest BCUT2D eigenvalue weighted by Crippen LogP contribution is 2.50. The minimum atomic E-state index is -0.779. The van der Waals surface area contributed by atoms with Crippen LogP contribution in [0.1, 0.15) is 43.7 Å². The van der Waals surface area contributed by atoms with Gasteiger partial charge in [-0.3, -0.25) is 9.59 Å². The number of Topliss-reactive ketones (excluding diaryl/α,β-unsaturated/α-hetero) is 2. The van der Waals surface area contributed by atoms with Crippen LogP contribution in [-0.2, 0) is 9.59 Å². The lowest BCUT2D eigenvalue weighted by molar-refractivity contribution is -0.140. The minimum absolute atomic E-state index is 0.0711. The Hall–Kier alpha value is -2.49. The Balaban J connectivity index is 1.88. The topological polar surface area (TPSA) is 43.4 Å². The van der Waals surface area contributed by atoms with Crippen LogP contribution in [0.15, 0.2) is 42.5 Å². The van der Waals surface area contributed by atoms with Crippen LogP contribution in [0.25, 0.3) is 0 Å². The number of carbonyl (C=O) groups excluding carboxylic acids is 2. The van der Waals surface area contributed by atoms with Gasteiger partial charge in [0.1, 0.15) is 28.9 Å². The number of fused-ring (bicyclic) bond motifs is 2. The van der Waals surface area contributed by atoms with Crippen molar-refractivity contribution < 1.29 is 18.7 Å². The Morgan fingerprint density at radius 3 is 2.28 bits per heavy atom. The van der Waals surface area contributed by atoms with E-state index in [1.165, 1.54) is 12.1 Å². The molecule has 1 fully saturated rings. The van der Waals surface area contributed by atoms with E-state index in [-0.39, 0.29) is 17.0 Å². The largest absolute Gasteiger partial charge is 0.457 e. The van der Waals surface area contributed by atoms with E-state index in [0.717, 1.165) is 5.56 Å². The smallest absolute Gasteiger partial charge is 0.144 e. The van der Waals surface area contributed by atoms with Crippen molar-refractivity contribution in [3.63, 3.8) is 0 Å². The molecule has 0 N–H and O–H groups in total. The Morgan fingerprint density at radius 1 is 0.920 bits per heavy atom. The van der Waals surface area contributed by atoms with Gasteiger partial charge in [0.25, 0.3) is 0 Å². The lowest BCUT2D eigenvalue weighted by Gasteiger charge is -2.38. The van der Waals surface area contributed by atoms with Gasteiger partial charge in [0, 0.05) is 29.9 Å². The first kappa shape index (κ1) is 16.0. The summed E-state index contributed by atoms with van der Waals surface area (Å²) >= 11 is 0. The summed E-state index contributed by atoms with van der Waals surface area (Å²) in [4.78, 5) is 25.7. The fourth-order valence-electron chi connectivity index (χ4n) is 4.11. The van der Waals surface area contributed by atoms with Crippen LogP contribution in [0, 0.1) is 17.2 Å². The Bertz CT molecular complexity index is 864. The number of carbonyl (C=O) groups is 2. The van der Waals surface area contributed by atoms with E-state index in [4.69, 9.17) is 4.74 Å². The van der Waals surface area contributed by atoms with Crippen LogP contribution in [0.2, 0.25) is 0 Å². The van der Waals surface area contributed by atoms with Gasteiger partial charge in [0.2, 0.25) is 0 Å². The predicted octanol–water partition coefficient (Wildman–Crippen LogP) is 4.64. The minimum Gasteiger partial charge on any atom is -0.457 e. The van der Waals surface area contributed by atoms with Gasteiger partial charge < -0.3 is 4.74 Å². The van der Waals surface area contributed by atoms with Crippen LogP contribution in [0.5, 0.6) is 11.5 Å².